The molecule has 4 aromatic rings. The summed E-state index contributed by atoms with van der Waals surface area (Å²) in [5.74, 6) is 0.975. The van der Waals surface area contributed by atoms with Gasteiger partial charge in [-0.1, -0.05) is 11.8 Å². The number of nitro benzene ring substituents is 1. The molecule has 2 unspecified atom stereocenters. The van der Waals surface area contributed by atoms with Gasteiger partial charge < -0.3 is 9.15 Å². The number of rotatable bonds is 8. The number of non-ortho nitro benzene ring substituents is 1. The summed E-state index contributed by atoms with van der Waals surface area (Å²) in [4.78, 5) is 10.4. The van der Waals surface area contributed by atoms with Crippen molar-refractivity contribution in [1.29, 1.82) is 0 Å². The summed E-state index contributed by atoms with van der Waals surface area (Å²) in [5.41, 5.74) is 1.33. The predicted octanol–water partition coefficient (Wildman–Crippen LogP) is 5.07. The Bertz CT molecular complexity index is 1320. The van der Waals surface area contributed by atoms with E-state index in [0.717, 1.165) is 25.0 Å². The van der Waals surface area contributed by atoms with E-state index in [1.807, 2.05) is 11.5 Å². The van der Waals surface area contributed by atoms with Gasteiger partial charge in [0.05, 0.1) is 22.8 Å². The molecular weight excluding hydrogens is 475 g/mol. The minimum Gasteiger partial charge on any atom is -0.419 e. The van der Waals surface area contributed by atoms with E-state index in [1.54, 1.807) is 24.3 Å². The first-order valence-electron chi connectivity index (χ1n) is 11.0. The number of benzene rings is 2. The van der Waals surface area contributed by atoms with Crippen molar-refractivity contribution in [3.05, 3.63) is 70.4 Å². The quantitative estimate of drug-likeness (QED) is 0.187. The molecule has 5 rings (SSSR count). The second kappa shape index (κ2) is 9.92. The summed E-state index contributed by atoms with van der Waals surface area (Å²) in [6.45, 7) is 3.22. The van der Waals surface area contributed by atoms with Crippen molar-refractivity contribution < 1.29 is 18.5 Å². The van der Waals surface area contributed by atoms with Crippen LogP contribution in [-0.2, 0) is 11.3 Å². The lowest BCUT2D eigenvalue weighted by Gasteiger charge is -2.15. The van der Waals surface area contributed by atoms with Crippen LogP contribution >= 0.6 is 11.8 Å². The van der Waals surface area contributed by atoms with E-state index in [2.05, 4.69) is 20.4 Å². The van der Waals surface area contributed by atoms with Gasteiger partial charge in [0.15, 0.2) is 11.0 Å². The smallest absolute Gasteiger partial charge is 0.269 e. The summed E-state index contributed by atoms with van der Waals surface area (Å²) < 4.78 is 27.1. The zero-order valence-corrected chi connectivity index (χ0v) is 19.5. The maximum Gasteiger partial charge on any atom is 0.269 e. The molecule has 12 heteroatoms. The summed E-state index contributed by atoms with van der Waals surface area (Å²) in [5, 5.41) is 28.3. The molecule has 1 saturated heterocycles. The van der Waals surface area contributed by atoms with Gasteiger partial charge in [-0.3, -0.25) is 14.7 Å². The molecule has 0 aliphatic carbocycles. The van der Waals surface area contributed by atoms with Gasteiger partial charge in [0.25, 0.3) is 5.69 Å². The van der Waals surface area contributed by atoms with Crippen LogP contribution in [0.4, 0.5) is 10.1 Å². The average molecular weight is 497 g/mol. The highest BCUT2D eigenvalue weighted by atomic mass is 32.2. The van der Waals surface area contributed by atoms with Crippen LogP contribution in [0.5, 0.6) is 0 Å². The van der Waals surface area contributed by atoms with Gasteiger partial charge in [0.1, 0.15) is 5.82 Å². The number of hydrogen-bond acceptors (Lipinski definition) is 9. The third-order valence-corrected chi connectivity index (χ3v) is 6.69. The normalized spacial score (nSPS) is 16.5. The monoisotopic (exact) mass is 496 g/mol. The highest BCUT2D eigenvalue weighted by Gasteiger charge is 2.25. The molecule has 2 atom stereocenters. The lowest BCUT2D eigenvalue weighted by molar-refractivity contribution is -0.384. The fourth-order valence-corrected chi connectivity index (χ4v) is 4.68. The first-order chi connectivity index (χ1) is 17.0. The SMILES string of the molecule is CC(Sc1nnc(-c2ccc(F)cc2)n1CC1CCCO1)c1nnc(-c2ccc([N+](=O)[O-])cc2)o1. The highest BCUT2D eigenvalue weighted by molar-refractivity contribution is 7.99. The third-order valence-electron chi connectivity index (χ3n) is 5.63. The Balaban J connectivity index is 1.38. The molecule has 1 aliphatic rings. The molecule has 0 N–H and O–H groups in total. The Morgan fingerprint density at radius 3 is 2.54 bits per heavy atom. The maximum atomic E-state index is 13.5. The van der Waals surface area contributed by atoms with Crippen LogP contribution in [0, 0.1) is 15.9 Å². The van der Waals surface area contributed by atoms with Gasteiger partial charge in [-0.05, 0) is 56.2 Å². The van der Waals surface area contributed by atoms with Gasteiger partial charge >= 0.3 is 0 Å². The largest absolute Gasteiger partial charge is 0.419 e. The van der Waals surface area contributed by atoms with E-state index in [-0.39, 0.29) is 28.7 Å². The van der Waals surface area contributed by atoms with Crippen LogP contribution in [0.15, 0.2) is 58.1 Å². The van der Waals surface area contributed by atoms with Crippen LogP contribution < -0.4 is 0 Å². The molecule has 2 aromatic carbocycles. The first kappa shape index (κ1) is 23.1. The van der Waals surface area contributed by atoms with E-state index in [1.165, 1.54) is 36.0 Å². The molecule has 1 aliphatic heterocycles. The lowest BCUT2D eigenvalue weighted by Crippen LogP contribution is -2.16. The zero-order chi connectivity index (χ0) is 24.4. The molecule has 0 bridgehead atoms. The molecule has 0 radical (unpaired) electrons. The molecule has 1 fully saturated rings. The number of hydrogen-bond donors (Lipinski definition) is 0. The van der Waals surface area contributed by atoms with Gasteiger partial charge in [0, 0.05) is 29.9 Å². The Morgan fingerprint density at radius 2 is 1.86 bits per heavy atom. The van der Waals surface area contributed by atoms with Crippen molar-refractivity contribution in [2.75, 3.05) is 6.61 Å². The minimum atomic E-state index is -0.464. The fourth-order valence-electron chi connectivity index (χ4n) is 3.79. The van der Waals surface area contributed by atoms with E-state index in [9.17, 15) is 14.5 Å². The summed E-state index contributed by atoms with van der Waals surface area (Å²) in [6.07, 6.45) is 2.01. The Hall–Kier alpha value is -3.64. The van der Waals surface area contributed by atoms with Crippen LogP contribution in [0.2, 0.25) is 0 Å². The van der Waals surface area contributed by atoms with Crippen molar-refractivity contribution in [1.82, 2.24) is 25.0 Å². The van der Waals surface area contributed by atoms with Gasteiger partial charge in [-0.2, -0.15) is 0 Å². The summed E-state index contributed by atoms with van der Waals surface area (Å²) in [7, 11) is 0. The molecule has 0 spiro atoms. The van der Waals surface area contributed by atoms with Crippen LogP contribution in [-0.4, -0.2) is 42.6 Å². The van der Waals surface area contributed by atoms with Crippen molar-refractivity contribution in [2.45, 2.75) is 42.8 Å². The predicted molar refractivity (Wildman–Crippen MR) is 125 cm³/mol. The second-order valence-electron chi connectivity index (χ2n) is 8.07. The number of ether oxygens (including phenoxy) is 1. The van der Waals surface area contributed by atoms with E-state index in [4.69, 9.17) is 9.15 Å². The molecule has 3 heterocycles. The van der Waals surface area contributed by atoms with Crippen LogP contribution in [0.1, 0.15) is 30.9 Å². The minimum absolute atomic E-state index is 0.0139. The number of halogens is 1. The molecule has 180 valence electrons. The summed E-state index contributed by atoms with van der Waals surface area (Å²) >= 11 is 1.41. The maximum absolute atomic E-state index is 13.5. The van der Waals surface area contributed by atoms with Gasteiger partial charge in [-0.15, -0.1) is 20.4 Å². The number of thioether (sulfide) groups is 1. The van der Waals surface area contributed by atoms with Crippen LogP contribution in [0.3, 0.4) is 0 Å². The summed E-state index contributed by atoms with van der Waals surface area (Å²) in [6, 6.07) is 12.1. The van der Waals surface area contributed by atoms with E-state index < -0.39 is 4.92 Å². The van der Waals surface area contributed by atoms with E-state index in [0.29, 0.717) is 29.0 Å². The van der Waals surface area contributed by atoms with E-state index >= 15 is 0 Å². The number of nitro groups is 1. The Kier molecular flexibility index (Phi) is 6.55. The number of aromatic nitrogens is 5. The number of nitrogens with zero attached hydrogens (tertiary/aromatic N) is 6. The van der Waals surface area contributed by atoms with Gasteiger partial charge in [0.2, 0.25) is 11.8 Å². The average Bonchev–Trinajstić information content (AvgIpc) is 3.62. The molecule has 35 heavy (non-hydrogen) atoms. The topological polar surface area (TPSA) is 122 Å². The van der Waals surface area contributed by atoms with Crippen molar-refractivity contribution in [2.24, 2.45) is 0 Å². The van der Waals surface area contributed by atoms with Crippen LogP contribution in [0.25, 0.3) is 22.8 Å². The second-order valence-corrected chi connectivity index (χ2v) is 9.38. The Labute approximate surface area is 203 Å². The molecule has 0 amide bonds. The molecule has 2 aromatic heterocycles. The third kappa shape index (κ3) is 5.08. The van der Waals surface area contributed by atoms with Crippen molar-refractivity contribution >= 4 is 17.4 Å². The first-order valence-corrected chi connectivity index (χ1v) is 11.9. The highest BCUT2D eigenvalue weighted by Crippen LogP contribution is 2.36. The Morgan fingerprint density at radius 1 is 1.11 bits per heavy atom. The van der Waals surface area contributed by atoms with Crippen molar-refractivity contribution in [3.8, 4) is 22.8 Å². The van der Waals surface area contributed by atoms with Gasteiger partial charge in [-0.25, -0.2) is 4.39 Å². The fraction of sp³-hybridized carbons (Fsp3) is 0.304. The lowest BCUT2D eigenvalue weighted by atomic mass is 10.2. The standard InChI is InChI=1S/C23H21FN6O4S/c1-14(21-26-27-22(34-21)16-6-10-18(11-7-16)30(31)32)35-23-28-25-20(15-4-8-17(24)9-5-15)29(23)13-19-3-2-12-33-19/h4-11,14,19H,2-3,12-13H2,1H3. The van der Waals surface area contributed by atoms with Crippen molar-refractivity contribution in [3.63, 3.8) is 0 Å². The molecular formula is C23H21FN6O4S. The molecule has 10 nitrogen and oxygen atoms in total. The molecule has 0 saturated carbocycles. The zero-order valence-electron chi connectivity index (χ0n) is 18.7.